The van der Waals surface area contributed by atoms with Crippen molar-refractivity contribution in [2.24, 2.45) is 0 Å². The zero-order valence-corrected chi connectivity index (χ0v) is 19.5. The van der Waals surface area contributed by atoms with E-state index in [1.807, 2.05) is 24.3 Å². The maximum atomic E-state index is 12.8. The highest BCUT2D eigenvalue weighted by Crippen LogP contribution is 2.40. The molecule has 0 aliphatic rings. The van der Waals surface area contributed by atoms with Crippen molar-refractivity contribution in [3.8, 4) is 10.6 Å². The van der Waals surface area contributed by atoms with Gasteiger partial charge in [-0.3, -0.25) is 14.9 Å². The van der Waals surface area contributed by atoms with Gasteiger partial charge in [0.15, 0.2) is 5.43 Å². The van der Waals surface area contributed by atoms with Crippen LogP contribution < -0.4 is 10.7 Å². The number of carbonyl (C=O) groups excluding carboxylic acids is 2. The number of aromatic nitrogens is 1. The third-order valence-electron chi connectivity index (χ3n) is 5.34. The van der Waals surface area contributed by atoms with Crippen molar-refractivity contribution >= 4 is 56.4 Å². The summed E-state index contributed by atoms with van der Waals surface area (Å²) in [5, 5.41) is 3.57. The van der Waals surface area contributed by atoms with Gasteiger partial charge in [0.2, 0.25) is 5.88 Å². The van der Waals surface area contributed by atoms with E-state index in [0.29, 0.717) is 21.5 Å². The molecule has 174 valence electrons. The average molecular weight is 487 g/mol. The number of thiazole rings is 1. The highest BCUT2D eigenvalue weighted by atomic mass is 32.1. The molecule has 0 saturated carbocycles. The van der Waals surface area contributed by atoms with Crippen molar-refractivity contribution in [3.63, 3.8) is 0 Å². The standard InChI is InChI=1S/C26H18N2O6S/c1-14-21(26(31)32-2)22(25-27-17-8-4-6-10-19(17)35-25)24(34-14)28-20(29)12-11-15-13-33-18-9-5-3-7-16(18)23(15)30/h3-13H,1-2H3,(H,28,29)/b12-11+. The Morgan fingerprint density at radius 2 is 1.89 bits per heavy atom. The number of hydrogen-bond acceptors (Lipinski definition) is 8. The fraction of sp³-hybridized carbons (Fsp3) is 0.0769. The number of aryl methyl sites for hydroxylation is 1. The van der Waals surface area contributed by atoms with E-state index in [1.165, 1.54) is 36.9 Å². The Balaban J connectivity index is 1.50. The molecule has 0 bridgehead atoms. The van der Waals surface area contributed by atoms with E-state index >= 15 is 0 Å². The third-order valence-corrected chi connectivity index (χ3v) is 6.39. The van der Waals surface area contributed by atoms with E-state index in [9.17, 15) is 14.4 Å². The molecular formula is C26H18N2O6S. The van der Waals surface area contributed by atoms with Gasteiger partial charge in [0.05, 0.1) is 33.8 Å². The van der Waals surface area contributed by atoms with Crippen molar-refractivity contribution in [1.82, 2.24) is 4.98 Å². The first-order valence-corrected chi connectivity index (χ1v) is 11.3. The molecule has 0 fully saturated rings. The molecule has 0 saturated heterocycles. The van der Waals surface area contributed by atoms with Gasteiger partial charge in [-0.25, -0.2) is 9.78 Å². The summed E-state index contributed by atoms with van der Waals surface area (Å²) in [4.78, 5) is 42.5. The molecular weight excluding hydrogens is 468 g/mol. The minimum absolute atomic E-state index is 0.0575. The quantitative estimate of drug-likeness (QED) is 0.261. The number of anilines is 1. The second-order valence-corrected chi connectivity index (χ2v) is 8.59. The average Bonchev–Trinajstić information content (AvgIpc) is 3.43. The third kappa shape index (κ3) is 4.13. The highest BCUT2D eigenvalue weighted by molar-refractivity contribution is 7.21. The van der Waals surface area contributed by atoms with Gasteiger partial charge in [-0.1, -0.05) is 24.3 Å². The lowest BCUT2D eigenvalue weighted by Gasteiger charge is -2.03. The minimum atomic E-state index is -0.606. The molecule has 0 spiro atoms. The smallest absolute Gasteiger partial charge is 0.342 e. The second kappa shape index (κ2) is 9.03. The van der Waals surface area contributed by atoms with Crippen LogP contribution in [0.4, 0.5) is 5.88 Å². The van der Waals surface area contributed by atoms with Crippen LogP contribution >= 0.6 is 11.3 Å². The van der Waals surface area contributed by atoms with Gasteiger partial charge in [-0.15, -0.1) is 11.3 Å². The molecule has 5 rings (SSSR count). The molecule has 1 N–H and O–H groups in total. The van der Waals surface area contributed by atoms with Crippen LogP contribution in [0.25, 0.3) is 37.8 Å². The van der Waals surface area contributed by atoms with Gasteiger partial charge < -0.3 is 13.6 Å². The predicted molar refractivity (Wildman–Crippen MR) is 134 cm³/mol. The van der Waals surface area contributed by atoms with Crippen LogP contribution in [0.5, 0.6) is 0 Å². The molecule has 8 nitrogen and oxygen atoms in total. The molecule has 0 atom stereocenters. The molecule has 35 heavy (non-hydrogen) atoms. The SMILES string of the molecule is COC(=O)c1c(C)oc(NC(=O)/C=C/c2coc3ccccc3c2=O)c1-c1nc2ccccc2s1. The fourth-order valence-electron chi connectivity index (χ4n) is 3.69. The number of hydrogen-bond donors (Lipinski definition) is 1. The summed E-state index contributed by atoms with van der Waals surface area (Å²) in [6.45, 7) is 1.61. The molecule has 9 heteroatoms. The highest BCUT2D eigenvalue weighted by Gasteiger charge is 2.28. The number of para-hydroxylation sites is 2. The Morgan fingerprint density at radius 1 is 1.11 bits per heavy atom. The van der Waals surface area contributed by atoms with Gasteiger partial charge in [-0.2, -0.15) is 0 Å². The normalized spacial score (nSPS) is 11.4. The number of furan rings is 1. The van der Waals surface area contributed by atoms with Crippen molar-refractivity contribution in [1.29, 1.82) is 0 Å². The van der Waals surface area contributed by atoms with E-state index in [-0.39, 0.29) is 28.2 Å². The summed E-state index contributed by atoms with van der Waals surface area (Å²) in [5.41, 5.74) is 1.69. The number of nitrogens with zero attached hydrogens (tertiary/aromatic N) is 1. The first-order chi connectivity index (χ1) is 17.0. The van der Waals surface area contributed by atoms with Gasteiger partial charge >= 0.3 is 5.97 Å². The van der Waals surface area contributed by atoms with E-state index in [1.54, 1.807) is 31.2 Å². The van der Waals surface area contributed by atoms with Crippen molar-refractivity contribution < 1.29 is 23.2 Å². The van der Waals surface area contributed by atoms with Crippen LogP contribution in [0.1, 0.15) is 21.7 Å². The second-order valence-electron chi connectivity index (χ2n) is 7.55. The van der Waals surface area contributed by atoms with Crippen LogP contribution in [-0.4, -0.2) is 24.0 Å². The van der Waals surface area contributed by atoms with E-state index in [2.05, 4.69) is 10.3 Å². The molecule has 0 aliphatic heterocycles. The summed E-state index contributed by atoms with van der Waals surface area (Å²) in [7, 11) is 1.27. The number of fused-ring (bicyclic) bond motifs is 2. The maximum absolute atomic E-state index is 12.8. The topological polar surface area (TPSA) is 112 Å². The molecule has 0 radical (unpaired) electrons. The van der Waals surface area contributed by atoms with Gasteiger partial charge in [0, 0.05) is 6.08 Å². The Bertz CT molecular complexity index is 1660. The first kappa shape index (κ1) is 22.3. The van der Waals surface area contributed by atoms with Gasteiger partial charge in [0.1, 0.15) is 28.2 Å². The molecule has 0 unspecified atom stereocenters. The number of esters is 1. The lowest BCUT2D eigenvalue weighted by molar-refractivity contribution is -0.111. The lowest BCUT2D eigenvalue weighted by Crippen LogP contribution is -2.10. The number of nitrogens with one attached hydrogen (secondary N) is 1. The summed E-state index contributed by atoms with van der Waals surface area (Å²) in [5.74, 6) is -0.835. The molecule has 0 aliphatic carbocycles. The Labute approximate surface area is 202 Å². The Morgan fingerprint density at radius 3 is 2.69 bits per heavy atom. The van der Waals surface area contributed by atoms with E-state index in [4.69, 9.17) is 13.6 Å². The number of rotatable bonds is 5. The molecule has 3 heterocycles. The van der Waals surface area contributed by atoms with Crippen molar-refractivity contribution in [2.45, 2.75) is 6.92 Å². The summed E-state index contributed by atoms with van der Waals surface area (Å²) < 4.78 is 17.1. The van der Waals surface area contributed by atoms with Gasteiger partial charge in [0.25, 0.3) is 5.91 Å². The molecule has 3 aromatic heterocycles. The minimum Gasteiger partial charge on any atom is -0.465 e. The van der Waals surface area contributed by atoms with Crippen molar-refractivity contribution in [3.05, 3.63) is 88.0 Å². The molecule has 2 aromatic carbocycles. The van der Waals surface area contributed by atoms with Crippen LogP contribution in [-0.2, 0) is 9.53 Å². The maximum Gasteiger partial charge on any atom is 0.342 e. The van der Waals surface area contributed by atoms with Crippen LogP contribution in [0, 0.1) is 6.92 Å². The number of methoxy groups -OCH3 is 1. The first-order valence-electron chi connectivity index (χ1n) is 10.5. The van der Waals surface area contributed by atoms with Crippen LogP contribution in [0.15, 0.2) is 74.5 Å². The number of benzene rings is 2. The summed E-state index contributed by atoms with van der Waals surface area (Å²) >= 11 is 1.36. The predicted octanol–water partition coefficient (Wildman–Crippen LogP) is 5.41. The Hall–Kier alpha value is -4.50. The summed E-state index contributed by atoms with van der Waals surface area (Å²) in [6, 6.07) is 14.4. The lowest BCUT2D eigenvalue weighted by atomic mass is 10.1. The Kier molecular flexibility index (Phi) is 5.76. The number of ether oxygens (including phenoxy) is 1. The largest absolute Gasteiger partial charge is 0.465 e. The van der Waals surface area contributed by atoms with Gasteiger partial charge in [-0.05, 0) is 37.3 Å². The molecule has 5 aromatic rings. The van der Waals surface area contributed by atoms with Crippen LogP contribution in [0.3, 0.4) is 0 Å². The number of carbonyl (C=O) groups is 2. The fourth-order valence-corrected chi connectivity index (χ4v) is 4.70. The van der Waals surface area contributed by atoms with E-state index < -0.39 is 11.9 Å². The molecule has 1 amide bonds. The van der Waals surface area contributed by atoms with Crippen LogP contribution in [0.2, 0.25) is 0 Å². The van der Waals surface area contributed by atoms with Crippen molar-refractivity contribution in [2.75, 3.05) is 12.4 Å². The monoisotopic (exact) mass is 486 g/mol. The zero-order chi connectivity index (χ0) is 24.5. The zero-order valence-electron chi connectivity index (χ0n) is 18.7. The number of amides is 1. The van der Waals surface area contributed by atoms with E-state index in [0.717, 1.165) is 10.2 Å². The summed E-state index contributed by atoms with van der Waals surface area (Å²) in [6.07, 6.45) is 3.86.